The van der Waals surface area contributed by atoms with E-state index in [9.17, 15) is 4.79 Å². The minimum absolute atomic E-state index is 0.0815. The molecule has 3 fully saturated rings. The molecule has 0 spiro atoms. The number of carbonyl (C=O) groups is 1. The lowest BCUT2D eigenvalue weighted by molar-refractivity contribution is 0.0290. The molecule has 2 bridgehead atoms. The summed E-state index contributed by atoms with van der Waals surface area (Å²) < 4.78 is 16.3. The lowest BCUT2D eigenvalue weighted by atomic mass is 9.74. The molecular weight excluding hydrogens is 420 g/mol. The fourth-order valence-corrected chi connectivity index (χ4v) is 5.37. The number of rotatable bonds is 5. The Kier molecular flexibility index (Phi) is 5.02. The zero-order valence-electron chi connectivity index (χ0n) is 18.5. The van der Waals surface area contributed by atoms with Crippen molar-refractivity contribution in [1.82, 2.24) is 20.2 Å². The van der Waals surface area contributed by atoms with Crippen LogP contribution in [0.2, 0.25) is 0 Å². The number of hydrogen-bond donors (Lipinski definition) is 1. The quantitative estimate of drug-likeness (QED) is 0.643. The molecule has 4 unspecified atom stereocenters. The first-order valence-corrected chi connectivity index (χ1v) is 11.5. The molecule has 4 atom stereocenters. The molecular formula is C25H26N4O4. The number of benzene rings is 1. The van der Waals surface area contributed by atoms with Gasteiger partial charge in [-0.05, 0) is 68.6 Å². The first kappa shape index (κ1) is 20.2. The third-order valence-electron chi connectivity index (χ3n) is 7.02. The summed E-state index contributed by atoms with van der Waals surface area (Å²) in [6, 6.07) is 11.5. The summed E-state index contributed by atoms with van der Waals surface area (Å²) in [7, 11) is 0. The smallest absolute Gasteiger partial charge is 0.251 e. The van der Waals surface area contributed by atoms with E-state index < -0.39 is 0 Å². The van der Waals surface area contributed by atoms with Gasteiger partial charge in [0.2, 0.25) is 6.79 Å². The van der Waals surface area contributed by atoms with Crippen LogP contribution in [-0.4, -0.2) is 53.2 Å². The van der Waals surface area contributed by atoms with E-state index in [0.29, 0.717) is 41.5 Å². The zero-order chi connectivity index (χ0) is 22.4. The Bertz CT molecular complexity index is 1180. The summed E-state index contributed by atoms with van der Waals surface area (Å²) in [4.78, 5) is 24.6. The predicted molar refractivity (Wildman–Crippen MR) is 120 cm³/mol. The molecule has 1 aromatic carbocycles. The molecule has 170 valence electrons. The molecule has 1 amide bonds. The van der Waals surface area contributed by atoms with Crippen molar-refractivity contribution in [2.24, 2.45) is 5.92 Å². The van der Waals surface area contributed by atoms with Gasteiger partial charge in [-0.2, -0.15) is 0 Å². The van der Waals surface area contributed by atoms with Gasteiger partial charge in [-0.1, -0.05) is 0 Å². The van der Waals surface area contributed by atoms with Gasteiger partial charge < -0.3 is 19.2 Å². The lowest BCUT2D eigenvalue weighted by Crippen LogP contribution is -2.56. The van der Waals surface area contributed by atoms with Crippen LogP contribution in [0.3, 0.4) is 0 Å². The van der Waals surface area contributed by atoms with E-state index in [-0.39, 0.29) is 12.7 Å². The van der Waals surface area contributed by atoms with Crippen LogP contribution in [0.5, 0.6) is 11.5 Å². The Hall–Kier alpha value is -3.39. The van der Waals surface area contributed by atoms with Crippen LogP contribution in [0.1, 0.15) is 40.6 Å². The number of aryl methyl sites for hydroxylation is 1. The van der Waals surface area contributed by atoms with Crippen LogP contribution in [0, 0.1) is 12.8 Å². The first-order valence-electron chi connectivity index (χ1n) is 11.5. The van der Waals surface area contributed by atoms with E-state index in [2.05, 4.69) is 21.3 Å². The predicted octanol–water partition coefficient (Wildman–Crippen LogP) is 3.38. The largest absolute Gasteiger partial charge is 0.463 e. The highest BCUT2D eigenvalue weighted by Gasteiger charge is 2.41. The monoisotopic (exact) mass is 446 g/mol. The van der Waals surface area contributed by atoms with E-state index in [1.807, 2.05) is 19.1 Å². The highest BCUT2D eigenvalue weighted by Crippen LogP contribution is 2.41. The summed E-state index contributed by atoms with van der Waals surface area (Å²) in [5.74, 6) is 3.68. The highest BCUT2D eigenvalue weighted by molar-refractivity contribution is 5.94. The van der Waals surface area contributed by atoms with E-state index in [1.54, 1.807) is 24.5 Å². The van der Waals surface area contributed by atoms with Gasteiger partial charge in [-0.3, -0.25) is 9.69 Å². The molecule has 7 rings (SSSR count). The number of amides is 1. The average Bonchev–Trinajstić information content (AvgIpc) is 3.54. The van der Waals surface area contributed by atoms with E-state index >= 15 is 0 Å². The Morgan fingerprint density at radius 3 is 2.91 bits per heavy atom. The second-order valence-electron chi connectivity index (χ2n) is 9.02. The number of fused-ring (bicyclic) bond motifs is 4. The number of furan rings is 1. The van der Waals surface area contributed by atoms with Crippen molar-refractivity contribution in [3.05, 3.63) is 59.7 Å². The maximum atomic E-state index is 12.7. The van der Waals surface area contributed by atoms with Gasteiger partial charge in [0.25, 0.3) is 5.91 Å². The molecule has 2 aromatic heterocycles. The summed E-state index contributed by atoms with van der Waals surface area (Å²) in [5.41, 5.74) is 2.52. The molecule has 1 N–H and O–H groups in total. The number of aromatic nitrogens is 2. The molecule has 33 heavy (non-hydrogen) atoms. The van der Waals surface area contributed by atoms with Crippen LogP contribution in [-0.2, 0) is 0 Å². The van der Waals surface area contributed by atoms with Gasteiger partial charge in [0.1, 0.15) is 11.5 Å². The molecule has 0 aliphatic carbocycles. The van der Waals surface area contributed by atoms with E-state index in [4.69, 9.17) is 18.9 Å². The second-order valence-corrected chi connectivity index (χ2v) is 9.02. The maximum absolute atomic E-state index is 12.7. The summed E-state index contributed by atoms with van der Waals surface area (Å²) >= 11 is 0. The number of hydrogen-bond acceptors (Lipinski definition) is 7. The van der Waals surface area contributed by atoms with Crippen LogP contribution >= 0.6 is 0 Å². The van der Waals surface area contributed by atoms with Crippen molar-refractivity contribution in [3.8, 4) is 23.0 Å². The Morgan fingerprint density at radius 2 is 2.09 bits per heavy atom. The molecule has 3 aromatic rings. The molecule has 3 saturated heterocycles. The highest BCUT2D eigenvalue weighted by atomic mass is 16.7. The summed E-state index contributed by atoms with van der Waals surface area (Å²) in [6.07, 6.45) is 3.87. The third kappa shape index (κ3) is 3.84. The molecule has 8 nitrogen and oxygen atoms in total. The van der Waals surface area contributed by atoms with Crippen molar-refractivity contribution in [1.29, 1.82) is 0 Å². The van der Waals surface area contributed by atoms with Gasteiger partial charge in [0, 0.05) is 36.3 Å². The number of nitrogens with one attached hydrogen (secondary N) is 1. The minimum Gasteiger partial charge on any atom is -0.463 e. The lowest BCUT2D eigenvalue weighted by Gasteiger charge is -2.49. The third-order valence-corrected chi connectivity index (χ3v) is 7.02. The second kappa shape index (κ2) is 8.19. The van der Waals surface area contributed by atoms with Crippen molar-refractivity contribution in [3.63, 3.8) is 0 Å². The van der Waals surface area contributed by atoms with Gasteiger partial charge in [-0.15, -0.1) is 0 Å². The van der Waals surface area contributed by atoms with Crippen LogP contribution in [0.25, 0.3) is 11.5 Å². The van der Waals surface area contributed by atoms with Crippen molar-refractivity contribution in [2.75, 3.05) is 26.4 Å². The summed E-state index contributed by atoms with van der Waals surface area (Å²) in [5, 5.41) is 3.12. The number of nitrogens with zero attached hydrogens (tertiary/aromatic N) is 3. The van der Waals surface area contributed by atoms with E-state index in [1.165, 1.54) is 0 Å². The van der Waals surface area contributed by atoms with Gasteiger partial charge >= 0.3 is 0 Å². The van der Waals surface area contributed by atoms with Crippen molar-refractivity contribution < 1.29 is 18.7 Å². The number of carbonyl (C=O) groups excluding carboxylic acids is 1. The molecule has 0 saturated carbocycles. The standard InChI is InChI=1S/C25H26N4O4/c1-15-27-20(11-21(28-15)22-3-2-8-31-22)19-13-29-7-6-16(19)9-18(29)12-26-25(30)17-4-5-23-24(10-17)33-14-32-23/h2-5,8,10-11,16,18-19H,6-7,9,12-14H2,1H3,(H,26,30). The minimum atomic E-state index is -0.0815. The van der Waals surface area contributed by atoms with Gasteiger partial charge in [-0.25, -0.2) is 9.97 Å². The molecule has 0 radical (unpaired) electrons. The maximum Gasteiger partial charge on any atom is 0.251 e. The molecule has 4 aliphatic rings. The van der Waals surface area contributed by atoms with Gasteiger partial charge in [0.05, 0.1) is 6.26 Å². The SMILES string of the molecule is Cc1nc(-c2ccco2)cc(C2CN3CCC2CC3CNC(=O)c2ccc3c(c2)OCO3)n1. The molecule has 8 heteroatoms. The van der Waals surface area contributed by atoms with Gasteiger partial charge in [0.15, 0.2) is 17.3 Å². The molecule has 6 heterocycles. The number of ether oxygens (including phenoxy) is 2. The van der Waals surface area contributed by atoms with E-state index in [0.717, 1.165) is 48.9 Å². The summed E-state index contributed by atoms with van der Waals surface area (Å²) in [6.45, 7) is 4.78. The average molecular weight is 447 g/mol. The first-order chi connectivity index (χ1) is 16.1. The normalized spacial score (nSPS) is 25.2. The van der Waals surface area contributed by atoms with Crippen LogP contribution in [0.4, 0.5) is 0 Å². The Balaban J connectivity index is 1.12. The van der Waals surface area contributed by atoms with Crippen molar-refractivity contribution >= 4 is 5.91 Å². The fraction of sp³-hybridized carbons (Fsp3) is 0.400. The topological polar surface area (TPSA) is 89.7 Å². The van der Waals surface area contributed by atoms with Crippen LogP contribution < -0.4 is 14.8 Å². The number of piperidine rings is 3. The Labute approximate surface area is 191 Å². The van der Waals surface area contributed by atoms with Crippen molar-refractivity contribution in [2.45, 2.75) is 31.7 Å². The fourth-order valence-electron chi connectivity index (χ4n) is 5.37. The zero-order valence-corrected chi connectivity index (χ0v) is 18.5. The van der Waals surface area contributed by atoms with Crippen LogP contribution in [0.15, 0.2) is 47.1 Å². The molecule has 4 aliphatic heterocycles. The Morgan fingerprint density at radius 1 is 1.18 bits per heavy atom.